The summed E-state index contributed by atoms with van der Waals surface area (Å²) in [6.45, 7) is 4.63. The van der Waals surface area contributed by atoms with Gasteiger partial charge in [0.1, 0.15) is 46.9 Å². The maximum atomic E-state index is 15.7. The summed E-state index contributed by atoms with van der Waals surface area (Å²) in [6.07, 6.45) is -2.90. The molecule has 0 radical (unpaired) electrons. The number of aryl methyl sites for hydroxylation is 1. The molecule has 1 saturated heterocycles. The molecule has 2 aromatic heterocycles. The summed E-state index contributed by atoms with van der Waals surface area (Å²) in [7, 11) is 1.49. The number of halogens is 4. The number of rotatable bonds is 7. The van der Waals surface area contributed by atoms with Crippen molar-refractivity contribution in [1.29, 1.82) is 5.26 Å². The van der Waals surface area contributed by atoms with Gasteiger partial charge in [-0.05, 0) is 62.9 Å². The Kier molecular flexibility index (Phi) is 8.20. The Hall–Kier alpha value is -5.33. The number of hydrogen-bond donors (Lipinski definition) is 2. The van der Waals surface area contributed by atoms with E-state index < -0.39 is 41.1 Å². The lowest BCUT2D eigenvalue weighted by Crippen LogP contribution is -2.53. The Balaban J connectivity index is 1.36. The van der Waals surface area contributed by atoms with Crippen LogP contribution in [0.1, 0.15) is 73.7 Å². The van der Waals surface area contributed by atoms with Crippen LogP contribution >= 0.6 is 0 Å². The average molecular weight is 680 g/mol. The normalized spacial score (nSPS) is 20.6. The number of benzene rings is 1. The highest BCUT2D eigenvalue weighted by Gasteiger charge is 2.49. The topological polar surface area (TPSA) is 163 Å². The largest absolute Gasteiger partial charge is 0.433 e. The van der Waals surface area contributed by atoms with Crippen molar-refractivity contribution in [3.63, 3.8) is 0 Å². The predicted octanol–water partition coefficient (Wildman–Crippen LogP) is 3.93. The Morgan fingerprint density at radius 1 is 1.24 bits per heavy atom. The molecule has 4 heterocycles. The predicted molar refractivity (Wildman–Crippen MR) is 170 cm³/mol. The van der Waals surface area contributed by atoms with Crippen molar-refractivity contribution in [3.05, 3.63) is 58.3 Å². The maximum absolute atomic E-state index is 15.7. The molecule has 0 bridgehead atoms. The fourth-order valence-corrected chi connectivity index (χ4v) is 6.77. The second kappa shape index (κ2) is 12.0. The number of primary amides is 1. The molecule has 16 heteroatoms. The highest BCUT2D eigenvalue weighted by atomic mass is 19.4. The lowest BCUT2D eigenvalue weighted by atomic mass is 9.83. The van der Waals surface area contributed by atoms with E-state index in [-0.39, 0.29) is 66.4 Å². The second-order valence-corrected chi connectivity index (χ2v) is 12.8. The van der Waals surface area contributed by atoms with Crippen LogP contribution < -0.4 is 20.9 Å². The van der Waals surface area contributed by atoms with Crippen LogP contribution in [0, 0.1) is 24.1 Å². The summed E-state index contributed by atoms with van der Waals surface area (Å²) in [5.74, 6) is -2.05. The van der Waals surface area contributed by atoms with Gasteiger partial charge >= 0.3 is 6.18 Å². The minimum atomic E-state index is -4.61. The quantitative estimate of drug-likeness (QED) is 0.358. The van der Waals surface area contributed by atoms with E-state index in [1.807, 2.05) is 17.9 Å². The zero-order valence-electron chi connectivity index (χ0n) is 27.2. The van der Waals surface area contributed by atoms with Gasteiger partial charge < -0.3 is 16.0 Å². The van der Waals surface area contributed by atoms with E-state index in [0.29, 0.717) is 35.2 Å². The fourth-order valence-electron chi connectivity index (χ4n) is 6.77. The molecule has 1 spiro atoms. The fraction of sp³-hybridized carbons (Fsp3) is 0.424. The third kappa shape index (κ3) is 5.98. The molecular weight excluding hydrogens is 646 g/mol. The first-order valence-corrected chi connectivity index (χ1v) is 15.6. The molecule has 3 N–H and O–H groups in total. The number of amidine groups is 1. The van der Waals surface area contributed by atoms with Crippen molar-refractivity contribution in [1.82, 2.24) is 20.1 Å². The number of nitrogens with two attached hydrogens (primary N) is 1. The first kappa shape index (κ1) is 33.6. The van der Waals surface area contributed by atoms with Crippen molar-refractivity contribution in [2.24, 2.45) is 10.7 Å². The van der Waals surface area contributed by atoms with Crippen LogP contribution in [0.5, 0.6) is 0 Å². The third-order valence-electron chi connectivity index (χ3n) is 9.32. The minimum Gasteiger partial charge on any atom is -0.368 e. The van der Waals surface area contributed by atoms with E-state index in [4.69, 9.17) is 10.7 Å². The number of anilines is 2. The lowest BCUT2D eigenvalue weighted by Gasteiger charge is -2.42. The van der Waals surface area contributed by atoms with Crippen LogP contribution in [-0.2, 0) is 27.1 Å². The lowest BCUT2D eigenvalue weighted by molar-refractivity contribution is -0.141. The first-order chi connectivity index (χ1) is 23.0. The number of carbonyl (C=O) groups is 3. The number of carbonyl (C=O) groups excluding carboxylic acids is 3. The summed E-state index contributed by atoms with van der Waals surface area (Å²) in [4.78, 5) is 49.5. The van der Waals surface area contributed by atoms with Gasteiger partial charge in [-0.25, -0.2) is 14.1 Å². The van der Waals surface area contributed by atoms with Crippen LogP contribution in [-0.4, -0.2) is 63.5 Å². The number of hydrogen-bond acceptors (Lipinski definition) is 8. The van der Waals surface area contributed by atoms with Crippen molar-refractivity contribution < 1.29 is 31.9 Å². The number of alkyl halides is 3. The van der Waals surface area contributed by atoms with Gasteiger partial charge in [0.25, 0.3) is 5.91 Å². The van der Waals surface area contributed by atoms with Crippen LogP contribution in [0.3, 0.4) is 0 Å². The Morgan fingerprint density at radius 3 is 2.55 bits per heavy atom. The van der Waals surface area contributed by atoms with E-state index in [1.54, 1.807) is 13.0 Å². The molecule has 6 rings (SSSR count). The van der Waals surface area contributed by atoms with Crippen LogP contribution in [0.2, 0.25) is 0 Å². The number of pyridine rings is 1. The number of piperidine rings is 1. The van der Waals surface area contributed by atoms with Gasteiger partial charge in [0.05, 0.1) is 17.1 Å². The minimum absolute atomic E-state index is 0.150. The van der Waals surface area contributed by atoms with E-state index in [1.165, 1.54) is 35.7 Å². The highest BCUT2D eigenvalue weighted by Crippen LogP contribution is 2.44. The average Bonchev–Trinajstić information content (AvgIpc) is 3.75. The van der Waals surface area contributed by atoms with Gasteiger partial charge in [0, 0.05) is 50.0 Å². The molecule has 49 heavy (non-hydrogen) atoms. The summed E-state index contributed by atoms with van der Waals surface area (Å²) < 4.78 is 57.3. The highest BCUT2D eigenvalue weighted by molar-refractivity contribution is 6.16. The van der Waals surface area contributed by atoms with Gasteiger partial charge in [-0.15, -0.1) is 0 Å². The van der Waals surface area contributed by atoms with E-state index in [9.17, 15) is 32.8 Å². The van der Waals surface area contributed by atoms with E-state index in [0.717, 1.165) is 6.07 Å². The van der Waals surface area contributed by atoms with E-state index in [2.05, 4.69) is 15.4 Å². The van der Waals surface area contributed by atoms with Crippen molar-refractivity contribution in [2.45, 2.75) is 76.7 Å². The summed E-state index contributed by atoms with van der Waals surface area (Å²) in [6, 6.07) is 6.47. The Bertz CT molecular complexity index is 1980. The molecule has 1 aromatic carbocycles. The van der Waals surface area contributed by atoms with E-state index >= 15 is 4.39 Å². The summed E-state index contributed by atoms with van der Waals surface area (Å²) in [5, 5.41) is 17.2. The molecule has 2 aliphatic heterocycles. The van der Waals surface area contributed by atoms with Crippen molar-refractivity contribution in [2.75, 3.05) is 23.4 Å². The SMILES string of the molecule is CC(=O)N(C)c1c(-c2cc(F)c(C#N)c(N3CC[C@]4(C[C@@H]3C)N=C(c3ccc(C(F)(F)F)nc3C3CC3)NC4=O)c2)c(C)nn1CC(N)=O. The number of nitrogens with one attached hydrogen (secondary N) is 1. The first-order valence-electron chi connectivity index (χ1n) is 15.6. The summed E-state index contributed by atoms with van der Waals surface area (Å²) in [5.41, 5.74) is 4.89. The molecule has 0 unspecified atom stereocenters. The number of nitrogens with zero attached hydrogens (tertiary/aromatic N) is 7. The molecule has 1 saturated carbocycles. The van der Waals surface area contributed by atoms with Crippen LogP contribution in [0.15, 0.2) is 29.3 Å². The zero-order chi connectivity index (χ0) is 35.6. The molecule has 12 nitrogen and oxygen atoms in total. The van der Waals surface area contributed by atoms with Crippen LogP contribution in [0.4, 0.5) is 29.1 Å². The van der Waals surface area contributed by atoms with Crippen LogP contribution in [0.25, 0.3) is 11.1 Å². The third-order valence-corrected chi connectivity index (χ3v) is 9.32. The molecule has 256 valence electrons. The second-order valence-electron chi connectivity index (χ2n) is 12.8. The van der Waals surface area contributed by atoms with Gasteiger partial charge in [-0.1, -0.05) is 0 Å². The van der Waals surface area contributed by atoms with Gasteiger partial charge in [0.2, 0.25) is 11.8 Å². The van der Waals surface area contributed by atoms with Crippen molar-refractivity contribution in [3.8, 4) is 17.2 Å². The molecule has 3 amide bonds. The van der Waals surface area contributed by atoms with Gasteiger partial charge in [-0.2, -0.15) is 23.5 Å². The molecule has 3 aliphatic rings. The Labute approximate surface area is 278 Å². The Morgan fingerprint density at radius 2 is 1.96 bits per heavy atom. The van der Waals surface area contributed by atoms with Gasteiger partial charge in [0.15, 0.2) is 0 Å². The number of aliphatic imine (C=N–C) groups is 1. The molecular formula is C33H33F4N9O3. The molecule has 3 aromatic rings. The molecule has 1 aliphatic carbocycles. The monoisotopic (exact) mass is 679 g/mol. The molecule has 2 fully saturated rings. The zero-order valence-corrected chi connectivity index (χ0v) is 27.2. The maximum Gasteiger partial charge on any atom is 0.433 e. The van der Waals surface area contributed by atoms with Crippen molar-refractivity contribution >= 4 is 35.1 Å². The number of nitriles is 1. The standard InChI is InChI=1S/C33H33F4N9O3/c1-16-13-32(31(49)41-29(42-32)21-7-8-25(33(35,36)37)40-28(21)19-5-6-19)9-10-45(16)24-12-20(11-23(34)22(24)14-38)27-17(2)43-46(15-26(39)48)30(27)44(4)18(3)47/h7-8,11-12,16,19H,5-6,9-10,13,15H2,1-4H3,(H2,39,48)(H,41,42,49)/t16-,32+/m0/s1. The number of aromatic nitrogens is 3. The number of amides is 3. The van der Waals surface area contributed by atoms with Gasteiger partial charge in [-0.3, -0.25) is 24.3 Å². The smallest absolute Gasteiger partial charge is 0.368 e. The molecule has 2 atom stereocenters. The summed E-state index contributed by atoms with van der Waals surface area (Å²) >= 11 is 0.